The number of ether oxygens (including phenoxy) is 1. The van der Waals surface area contributed by atoms with Crippen molar-refractivity contribution < 1.29 is 23.1 Å². The standard InChI is InChI=1S/C18H11FN2O4/c19-13-7-3-1-5-11(13)18(23)24-10-16(22)21-17-12-6-2-4-8-14(12)25-15(17)9-20/h1-8H,10H2,(H,21,22). The highest BCUT2D eigenvalue weighted by molar-refractivity contribution is 6.03. The summed E-state index contributed by atoms with van der Waals surface area (Å²) in [5.41, 5.74) is 0.379. The zero-order valence-electron chi connectivity index (χ0n) is 12.8. The summed E-state index contributed by atoms with van der Waals surface area (Å²) in [6.07, 6.45) is 0. The van der Waals surface area contributed by atoms with Gasteiger partial charge in [-0.25, -0.2) is 9.18 Å². The monoisotopic (exact) mass is 338 g/mol. The van der Waals surface area contributed by atoms with Crippen molar-refractivity contribution in [3.05, 3.63) is 65.7 Å². The molecule has 1 amide bonds. The number of para-hydroxylation sites is 1. The normalized spacial score (nSPS) is 10.2. The minimum absolute atomic E-state index is 0.0602. The van der Waals surface area contributed by atoms with Crippen molar-refractivity contribution in [1.82, 2.24) is 0 Å². The Balaban J connectivity index is 1.71. The predicted molar refractivity (Wildman–Crippen MR) is 86.2 cm³/mol. The van der Waals surface area contributed by atoms with E-state index in [0.717, 1.165) is 6.07 Å². The summed E-state index contributed by atoms with van der Waals surface area (Å²) in [4.78, 5) is 23.8. The molecule has 1 heterocycles. The smallest absolute Gasteiger partial charge is 0.341 e. The molecule has 25 heavy (non-hydrogen) atoms. The fraction of sp³-hybridized carbons (Fsp3) is 0.0556. The number of benzene rings is 2. The largest absolute Gasteiger partial charge is 0.452 e. The van der Waals surface area contributed by atoms with Crippen LogP contribution in [0.5, 0.6) is 0 Å². The van der Waals surface area contributed by atoms with Crippen LogP contribution in [0.2, 0.25) is 0 Å². The number of hydrogen-bond donors (Lipinski definition) is 1. The number of nitrogens with zero attached hydrogens (tertiary/aromatic N) is 1. The van der Waals surface area contributed by atoms with Gasteiger partial charge in [-0.2, -0.15) is 5.26 Å². The molecule has 3 aromatic rings. The number of carbonyl (C=O) groups is 2. The lowest BCUT2D eigenvalue weighted by molar-refractivity contribution is -0.119. The predicted octanol–water partition coefficient (Wildman–Crippen LogP) is 3.24. The molecule has 0 aliphatic rings. The highest BCUT2D eigenvalue weighted by atomic mass is 19.1. The van der Waals surface area contributed by atoms with Crippen molar-refractivity contribution in [2.24, 2.45) is 0 Å². The second-order valence-electron chi connectivity index (χ2n) is 5.02. The fourth-order valence-corrected chi connectivity index (χ4v) is 2.26. The van der Waals surface area contributed by atoms with Gasteiger partial charge in [0.2, 0.25) is 5.76 Å². The topological polar surface area (TPSA) is 92.3 Å². The average molecular weight is 338 g/mol. The van der Waals surface area contributed by atoms with E-state index in [2.05, 4.69) is 5.32 Å². The molecule has 7 heteroatoms. The molecule has 0 spiro atoms. The summed E-state index contributed by atoms with van der Waals surface area (Å²) in [5, 5.41) is 12.1. The lowest BCUT2D eigenvalue weighted by atomic mass is 10.2. The van der Waals surface area contributed by atoms with Gasteiger partial charge in [-0.1, -0.05) is 24.3 Å². The number of carbonyl (C=O) groups excluding carboxylic acids is 2. The highest BCUT2D eigenvalue weighted by Crippen LogP contribution is 2.30. The molecule has 6 nitrogen and oxygen atoms in total. The van der Waals surface area contributed by atoms with Crippen LogP contribution >= 0.6 is 0 Å². The molecular formula is C18H11FN2O4. The molecule has 0 bridgehead atoms. The lowest BCUT2D eigenvalue weighted by Crippen LogP contribution is -2.21. The Kier molecular flexibility index (Phi) is 4.44. The van der Waals surface area contributed by atoms with Gasteiger partial charge >= 0.3 is 5.97 Å². The van der Waals surface area contributed by atoms with Crippen LogP contribution in [0.1, 0.15) is 16.1 Å². The van der Waals surface area contributed by atoms with E-state index in [0.29, 0.717) is 11.0 Å². The lowest BCUT2D eigenvalue weighted by Gasteiger charge is -2.06. The van der Waals surface area contributed by atoms with E-state index < -0.39 is 24.3 Å². The Hall–Kier alpha value is -3.66. The second kappa shape index (κ2) is 6.84. The second-order valence-corrected chi connectivity index (χ2v) is 5.02. The average Bonchev–Trinajstić information content (AvgIpc) is 2.98. The van der Waals surface area contributed by atoms with Crippen LogP contribution < -0.4 is 5.32 Å². The van der Waals surface area contributed by atoms with Gasteiger partial charge in [-0.05, 0) is 24.3 Å². The summed E-state index contributed by atoms with van der Waals surface area (Å²) in [7, 11) is 0. The summed E-state index contributed by atoms with van der Waals surface area (Å²) in [5.74, 6) is -2.42. The number of amides is 1. The Bertz CT molecular complexity index is 1000. The molecule has 1 N–H and O–H groups in total. The van der Waals surface area contributed by atoms with Gasteiger partial charge < -0.3 is 14.5 Å². The first-order valence-corrected chi connectivity index (χ1v) is 7.23. The molecule has 1 aromatic heterocycles. The summed E-state index contributed by atoms with van der Waals surface area (Å²) >= 11 is 0. The van der Waals surface area contributed by atoms with Gasteiger partial charge in [0.15, 0.2) is 6.61 Å². The minimum atomic E-state index is -0.953. The Morgan fingerprint density at radius 1 is 1.16 bits per heavy atom. The molecule has 124 valence electrons. The van der Waals surface area contributed by atoms with Crippen LogP contribution in [-0.4, -0.2) is 18.5 Å². The van der Waals surface area contributed by atoms with Crippen LogP contribution in [0.4, 0.5) is 10.1 Å². The first kappa shape index (κ1) is 16.2. The van der Waals surface area contributed by atoms with Crippen LogP contribution in [0.3, 0.4) is 0 Å². The van der Waals surface area contributed by atoms with Gasteiger partial charge in [-0.3, -0.25) is 4.79 Å². The minimum Gasteiger partial charge on any atom is -0.452 e. The number of esters is 1. The molecular weight excluding hydrogens is 327 g/mol. The number of nitrogens with one attached hydrogen (secondary N) is 1. The third-order valence-corrected chi connectivity index (χ3v) is 3.39. The quantitative estimate of drug-likeness (QED) is 0.737. The molecule has 0 fully saturated rings. The van der Waals surface area contributed by atoms with E-state index in [1.165, 1.54) is 18.2 Å². The van der Waals surface area contributed by atoms with Crippen LogP contribution in [0.15, 0.2) is 52.9 Å². The third-order valence-electron chi connectivity index (χ3n) is 3.39. The molecule has 0 saturated carbocycles. The summed E-state index contributed by atoms with van der Waals surface area (Å²) in [6, 6.07) is 13.9. The number of hydrogen-bond acceptors (Lipinski definition) is 5. The number of nitriles is 1. The number of rotatable bonds is 4. The third kappa shape index (κ3) is 3.33. The maximum atomic E-state index is 13.5. The van der Waals surface area contributed by atoms with Crippen LogP contribution in [0.25, 0.3) is 11.0 Å². The number of halogens is 1. The molecule has 3 rings (SSSR count). The van der Waals surface area contributed by atoms with Gasteiger partial charge in [0.25, 0.3) is 5.91 Å². The van der Waals surface area contributed by atoms with E-state index in [4.69, 9.17) is 14.4 Å². The van der Waals surface area contributed by atoms with E-state index in [-0.39, 0.29) is 17.0 Å². The number of furan rings is 1. The van der Waals surface area contributed by atoms with Crippen molar-refractivity contribution in [2.75, 3.05) is 11.9 Å². The molecule has 0 aliphatic carbocycles. The van der Waals surface area contributed by atoms with Crippen molar-refractivity contribution in [1.29, 1.82) is 5.26 Å². The van der Waals surface area contributed by atoms with Crippen LogP contribution in [-0.2, 0) is 9.53 Å². The zero-order valence-corrected chi connectivity index (χ0v) is 12.8. The Morgan fingerprint density at radius 2 is 1.88 bits per heavy atom. The SMILES string of the molecule is N#Cc1oc2ccccc2c1NC(=O)COC(=O)c1ccccc1F. The Labute approximate surface area is 141 Å². The first-order valence-electron chi connectivity index (χ1n) is 7.23. The van der Waals surface area contributed by atoms with E-state index in [1.807, 2.05) is 6.07 Å². The molecule has 0 radical (unpaired) electrons. The van der Waals surface area contributed by atoms with Crippen molar-refractivity contribution in [3.8, 4) is 6.07 Å². The number of fused-ring (bicyclic) bond motifs is 1. The molecule has 0 saturated heterocycles. The number of anilines is 1. The first-order chi connectivity index (χ1) is 12.1. The molecule has 0 aliphatic heterocycles. The van der Waals surface area contributed by atoms with E-state index >= 15 is 0 Å². The molecule has 0 atom stereocenters. The van der Waals surface area contributed by atoms with Gasteiger partial charge in [0.05, 0.1) is 5.56 Å². The fourth-order valence-electron chi connectivity index (χ4n) is 2.26. The van der Waals surface area contributed by atoms with E-state index in [9.17, 15) is 14.0 Å². The summed E-state index contributed by atoms with van der Waals surface area (Å²) < 4.78 is 23.6. The van der Waals surface area contributed by atoms with Crippen molar-refractivity contribution in [2.45, 2.75) is 0 Å². The molecule has 0 unspecified atom stereocenters. The maximum absolute atomic E-state index is 13.5. The molecule has 2 aromatic carbocycles. The van der Waals surface area contributed by atoms with Gasteiger partial charge in [0, 0.05) is 5.39 Å². The maximum Gasteiger partial charge on any atom is 0.341 e. The summed E-state index contributed by atoms with van der Waals surface area (Å²) in [6.45, 7) is -0.627. The van der Waals surface area contributed by atoms with Gasteiger partial charge in [0.1, 0.15) is 23.2 Å². The highest BCUT2D eigenvalue weighted by Gasteiger charge is 2.18. The Morgan fingerprint density at radius 3 is 2.64 bits per heavy atom. The zero-order chi connectivity index (χ0) is 17.8. The van der Waals surface area contributed by atoms with Crippen molar-refractivity contribution >= 4 is 28.5 Å². The van der Waals surface area contributed by atoms with Crippen molar-refractivity contribution in [3.63, 3.8) is 0 Å². The van der Waals surface area contributed by atoms with Crippen LogP contribution in [0, 0.1) is 17.1 Å². The van der Waals surface area contributed by atoms with E-state index in [1.54, 1.807) is 24.3 Å². The van der Waals surface area contributed by atoms with Gasteiger partial charge in [-0.15, -0.1) is 0 Å².